The molecule has 1 aromatic heterocycles. The lowest BCUT2D eigenvalue weighted by molar-refractivity contribution is 0.143. The molecule has 1 heterocycles. The summed E-state index contributed by atoms with van der Waals surface area (Å²) in [6.45, 7) is 5.79. The van der Waals surface area contributed by atoms with Crippen LogP contribution >= 0.6 is 11.3 Å². The van der Waals surface area contributed by atoms with Crippen LogP contribution in [0.5, 0.6) is 0 Å². The molecule has 0 bridgehead atoms. The van der Waals surface area contributed by atoms with E-state index in [1.54, 1.807) is 18.3 Å². The Morgan fingerprint density at radius 3 is 2.39 bits per heavy atom. The number of aliphatic hydroxyl groups is 1. The number of nitrogens with one attached hydrogen (secondary N) is 1. The second kappa shape index (κ2) is 5.61. The van der Waals surface area contributed by atoms with Crippen molar-refractivity contribution >= 4 is 11.3 Å². The van der Waals surface area contributed by atoms with Crippen LogP contribution in [-0.4, -0.2) is 16.3 Å². The Labute approximate surface area is 112 Å². The summed E-state index contributed by atoms with van der Waals surface area (Å²) in [7, 11) is 0. The van der Waals surface area contributed by atoms with Gasteiger partial charge in [-0.2, -0.15) is 0 Å². The van der Waals surface area contributed by atoms with Gasteiger partial charge in [-0.1, -0.05) is 24.3 Å². The zero-order chi connectivity index (χ0) is 13.1. The number of thiazole rings is 1. The molecule has 0 radical (unpaired) electrons. The molecule has 2 atom stereocenters. The Kier molecular flexibility index (Phi) is 4.11. The number of rotatable bonds is 4. The van der Waals surface area contributed by atoms with E-state index in [2.05, 4.69) is 34.6 Å². The minimum absolute atomic E-state index is 0.140. The van der Waals surface area contributed by atoms with Crippen molar-refractivity contribution in [2.24, 2.45) is 0 Å². The average Bonchev–Trinajstić information content (AvgIpc) is 2.75. The third-order valence-corrected chi connectivity index (χ3v) is 3.89. The van der Waals surface area contributed by atoms with Gasteiger partial charge >= 0.3 is 0 Å². The Hall–Kier alpha value is -1.23. The largest absolute Gasteiger partial charge is 0.379 e. The van der Waals surface area contributed by atoms with Gasteiger partial charge < -0.3 is 5.11 Å². The second-order valence-electron chi connectivity index (χ2n) is 4.45. The lowest BCUT2D eigenvalue weighted by Crippen LogP contribution is -2.28. The molecule has 0 aliphatic carbocycles. The molecule has 2 rings (SSSR count). The molecule has 0 saturated carbocycles. The van der Waals surface area contributed by atoms with Crippen LogP contribution in [0.3, 0.4) is 0 Å². The zero-order valence-electron chi connectivity index (χ0n) is 10.8. The van der Waals surface area contributed by atoms with Crippen LogP contribution < -0.4 is 5.32 Å². The monoisotopic (exact) mass is 262 g/mol. The maximum Gasteiger partial charge on any atom is 0.102 e. The summed E-state index contributed by atoms with van der Waals surface area (Å²) in [5, 5.41) is 12.4. The van der Waals surface area contributed by atoms with E-state index in [0.29, 0.717) is 0 Å². The normalized spacial score (nSPS) is 14.4. The first-order chi connectivity index (χ1) is 8.58. The molecule has 96 valence electrons. The van der Waals surface area contributed by atoms with E-state index in [1.165, 1.54) is 16.0 Å². The van der Waals surface area contributed by atoms with Gasteiger partial charge in [0.05, 0.1) is 16.1 Å². The Morgan fingerprint density at radius 1 is 1.22 bits per heavy atom. The minimum Gasteiger partial charge on any atom is -0.379 e. The number of benzene rings is 1. The number of hydrogen-bond donors (Lipinski definition) is 2. The van der Waals surface area contributed by atoms with Crippen LogP contribution in [0.1, 0.15) is 31.1 Å². The SMILES string of the molecule is Cc1ncsc1-c1ccc([C@H](C)N[C@@H](C)O)cc1. The fraction of sp³-hybridized carbons (Fsp3) is 0.357. The molecule has 0 unspecified atom stereocenters. The molecule has 18 heavy (non-hydrogen) atoms. The van der Waals surface area contributed by atoms with Gasteiger partial charge in [0.15, 0.2) is 0 Å². The molecular weight excluding hydrogens is 244 g/mol. The molecule has 0 saturated heterocycles. The maximum atomic E-state index is 9.31. The topological polar surface area (TPSA) is 45.2 Å². The summed E-state index contributed by atoms with van der Waals surface area (Å²) in [5.41, 5.74) is 5.31. The van der Waals surface area contributed by atoms with Crippen LogP contribution in [0.2, 0.25) is 0 Å². The molecule has 0 amide bonds. The first kappa shape index (κ1) is 13.2. The van der Waals surface area contributed by atoms with Crippen molar-refractivity contribution in [1.82, 2.24) is 10.3 Å². The van der Waals surface area contributed by atoms with Crippen molar-refractivity contribution in [3.05, 3.63) is 41.0 Å². The second-order valence-corrected chi connectivity index (χ2v) is 5.31. The van der Waals surface area contributed by atoms with Crippen molar-refractivity contribution in [3.8, 4) is 10.4 Å². The van der Waals surface area contributed by atoms with Gasteiger partial charge in [0, 0.05) is 6.04 Å². The van der Waals surface area contributed by atoms with E-state index in [4.69, 9.17) is 0 Å². The molecule has 2 N–H and O–H groups in total. The summed E-state index contributed by atoms with van der Waals surface area (Å²) >= 11 is 1.66. The summed E-state index contributed by atoms with van der Waals surface area (Å²) in [6, 6.07) is 8.54. The fourth-order valence-corrected chi connectivity index (χ4v) is 2.77. The number of aromatic nitrogens is 1. The van der Waals surface area contributed by atoms with Crippen LogP contribution in [0.4, 0.5) is 0 Å². The average molecular weight is 262 g/mol. The van der Waals surface area contributed by atoms with Crippen molar-refractivity contribution in [2.45, 2.75) is 33.0 Å². The lowest BCUT2D eigenvalue weighted by Gasteiger charge is -2.16. The van der Waals surface area contributed by atoms with Crippen molar-refractivity contribution in [2.75, 3.05) is 0 Å². The third kappa shape index (κ3) is 2.96. The van der Waals surface area contributed by atoms with E-state index in [0.717, 1.165) is 5.69 Å². The van der Waals surface area contributed by atoms with Crippen molar-refractivity contribution in [1.29, 1.82) is 0 Å². The molecule has 0 spiro atoms. The van der Waals surface area contributed by atoms with Gasteiger partial charge in [0.1, 0.15) is 6.23 Å². The van der Waals surface area contributed by atoms with Gasteiger partial charge in [-0.3, -0.25) is 5.32 Å². The molecule has 2 aromatic rings. The predicted molar refractivity (Wildman–Crippen MR) is 75.5 cm³/mol. The first-order valence-electron chi connectivity index (χ1n) is 6.02. The highest BCUT2D eigenvalue weighted by Crippen LogP contribution is 2.28. The summed E-state index contributed by atoms with van der Waals surface area (Å²) in [4.78, 5) is 5.48. The smallest absolute Gasteiger partial charge is 0.102 e. The van der Waals surface area contributed by atoms with Gasteiger partial charge in [0.2, 0.25) is 0 Å². The van der Waals surface area contributed by atoms with E-state index in [9.17, 15) is 5.11 Å². The van der Waals surface area contributed by atoms with E-state index >= 15 is 0 Å². The molecule has 4 heteroatoms. The molecule has 3 nitrogen and oxygen atoms in total. The fourth-order valence-electron chi connectivity index (χ4n) is 1.96. The summed E-state index contributed by atoms with van der Waals surface area (Å²) < 4.78 is 0. The summed E-state index contributed by atoms with van der Waals surface area (Å²) in [6.07, 6.45) is -0.497. The van der Waals surface area contributed by atoms with Gasteiger partial charge in [-0.15, -0.1) is 11.3 Å². The maximum absolute atomic E-state index is 9.31. The van der Waals surface area contributed by atoms with E-state index in [-0.39, 0.29) is 6.04 Å². The minimum atomic E-state index is -0.497. The van der Waals surface area contributed by atoms with Crippen LogP contribution in [-0.2, 0) is 0 Å². The number of aliphatic hydroxyl groups excluding tert-OH is 1. The van der Waals surface area contributed by atoms with Gasteiger partial charge in [-0.25, -0.2) is 4.98 Å². The molecule has 1 aromatic carbocycles. The Morgan fingerprint density at radius 2 is 1.89 bits per heavy atom. The first-order valence-corrected chi connectivity index (χ1v) is 6.90. The van der Waals surface area contributed by atoms with Crippen molar-refractivity contribution < 1.29 is 5.11 Å². The number of nitrogens with zero attached hydrogens (tertiary/aromatic N) is 1. The van der Waals surface area contributed by atoms with Gasteiger partial charge in [-0.05, 0) is 31.9 Å². The van der Waals surface area contributed by atoms with Crippen LogP contribution in [0, 0.1) is 6.92 Å². The Bertz CT molecular complexity index is 505. The standard InChI is InChI=1S/C14H18N2OS/c1-9(16-11(3)17)12-4-6-13(7-5-12)14-10(2)15-8-18-14/h4-9,11,16-17H,1-3H3/t9-,11+/m0/s1. The number of aryl methyl sites for hydroxylation is 1. The van der Waals surface area contributed by atoms with Crippen molar-refractivity contribution in [3.63, 3.8) is 0 Å². The molecular formula is C14H18N2OS. The molecule has 0 aliphatic heterocycles. The highest BCUT2D eigenvalue weighted by molar-refractivity contribution is 7.13. The van der Waals surface area contributed by atoms with E-state index in [1.807, 2.05) is 19.4 Å². The predicted octanol–water partition coefficient (Wildman–Crippen LogP) is 3.11. The highest BCUT2D eigenvalue weighted by Gasteiger charge is 2.09. The Balaban J connectivity index is 2.18. The zero-order valence-corrected chi connectivity index (χ0v) is 11.7. The number of hydrogen-bond acceptors (Lipinski definition) is 4. The van der Waals surface area contributed by atoms with Gasteiger partial charge in [0.25, 0.3) is 0 Å². The molecule has 0 fully saturated rings. The quantitative estimate of drug-likeness (QED) is 0.832. The lowest BCUT2D eigenvalue weighted by atomic mass is 10.0. The van der Waals surface area contributed by atoms with Crippen LogP contribution in [0.15, 0.2) is 29.8 Å². The van der Waals surface area contributed by atoms with Crippen LogP contribution in [0.25, 0.3) is 10.4 Å². The van der Waals surface area contributed by atoms with E-state index < -0.39 is 6.23 Å². The highest BCUT2D eigenvalue weighted by atomic mass is 32.1. The summed E-state index contributed by atoms with van der Waals surface area (Å²) in [5.74, 6) is 0. The molecule has 0 aliphatic rings. The third-order valence-electron chi connectivity index (χ3n) is 2.91.